The molecule has 5 rings (SSSR count). The lowest BCUT2D eigenvalue weighted by Crippen LogP contribution is -2.35. The van der Waals surface area contributed by atoms with E-state index in [-0.39, 0.29) is 71.7 Å². The summed E-state index contributed by atoms with van der Waals surface area (Å²) in [6, 6.07) is 12.7. The number of ether oxygens (including phenoxy) is 4. The first-order valence-corrected chi connectivity index (χ1v) is 16.5. The number of nitrogens with zero attached hydrogens (tertiary/aromatic N) is 5. The molecule has 2 N–H and O–H groups in total. The van der Waals surface area contributed by atoms with Gasteiger partial charge in [-0.25, -0.2) is 23.4 Å². The Morgan fingerprint density at radius 2 is 1.64 bits per heavy atom. The predicted octanol–water partition coefficient (Wildman–Crippen LogP) is 3.86. The zero-order valence-corrected chi connectivity index (χ0v) is 26.9. The van der Waals surface area contributed by atoms with E-state index in [0.29, 0.717) is 17.1 Å². The third-order valence-electron chi connectivity index (χ3n) is 7.32. The van der Waals surface area contributed by atoms with Gasteiger partial charge in [-0.3, -0.25) is 9.52 Å². The molecule has 0 unspecified atom stereocenters. The maximum absolute atomic E-state index is 14.0. The Morgan fingerprint density at radius 3 is 2.34 bits per heavy atom. The molecule has 1 aliphatic heterocycles. The van der Waals surface area contributed by atoms with Gasteiger partial charge >= 0.3 is 0 Å². The first-order chi connectivity index (χ1) is 22.8. The number of nitrogens with one attached hydrogen (secondary N) is 1. The fraction of sp³-hybridized carbons (Fsp3) is 0.344. The third kappa shape index (κ3) is 8.23. The molecule has 0 spiro atoms. The lowest BCUT2D eigenvalue weighted by atomic mass is 10.1. The van der Waals surface area contributed by atoms with E-state index in [9.17, 15) is 18.3 Å². The van der Waals surface area contributed by atoms with Crippen LogP contribution >= 0.6 is 0 Å². The van der Waals surface area contributed by atoms with Crippen molar-refractivity contribution in [1.29, 1.82) is 0 Å². The third-order valence-corrected chi connectivity index (χ3v) is 8.66. The van der Waals surface area contributed by atoms with Gasteiger partial charge in [0, 0.05) is 31.9 Å². The highest BCUT2D eigenvalue weighted by molar-refractivity contribution is 7.92. The van der Waals surface area contributed by atoms with Gasteiger partial charge in [-0.05, 0) is 67.6 Å². The smallest absolute Gasteiger partial charge is 0.263 e. The highest BCUT2D eigenvalue weighted by atomic mass is 32.2. The van der Waals surface area contributed by atoms with Crippen molar-refractivity contribution in [2.45, 2.75) is 37.0 Å². The van der Waals surface area contributed by atoms with Crippen LogP contribution in [0.2, 0.25) is 0 Å². The van der Waals surface area contributed by atoms with Gasteiger partial charge in [0.15, 0.2) is 23.1 Å². The number of amides is 1. The Hall–Kier alpha value is -5.02. The van der Waals surface area contributed by atoms with Crippen LogP contribution in [0, 0.1) is 0 Å². The number of benzene rings is 2. The monoisotopic (exact) mass is 664 g/mol. The van der Waals surface area contributed by atoms with Crippen LogP contribution in [0.3, 0.4) is 0 Å². The molecule has 0 atom stereocenters. The van der Waals surface area contributed by atoms with E-state index in [1.165, 1.54) is 38.7 Å². The van der Waals surface area contributed by atoms with Crippen LogP contribution in [0.5, 0.6) is 28.9 Å². The van der Waals surface area contributed by atoms with E-state index >= 15 is 0 Å². The van der Waals surface area contributed by atoms with Gasteiger partial charge in [0.1, 0.15) is 12.4 Å². The molecule has 1 aliphatic rings. The summed E-state index contributed by atoms with van der Waals surface area (Å²) in [5.74, 6) is 0.443. The minimum atomic E-state index is -4.33. The number of piperidine rings is 1. The quantitative estimate of drug-likeness (QED) is 0.199. The van der Waals surface area contributed by atoms with Crippen LogP contribution in [-0.2, 0) is 21.2 Å². The van der Waals surface area contributed by atoms with Crippen LogP contribution in [0.25, 0.3) is 11.6 Å². The van der Waals surface area contributed by atoms with E-state index in [0.717, 1.165) is 32.4 Å². The first-order valence-electron chi connectivity index (χ1n) is 15.0. The molecule has 2 aromatic heterocycles. The molecule has 15 heteroatoms. The number of sulfonamides is 1. The Morgan fingerprint density at radius 1 is 0.915 bits per heavy atom. The summed E-state index contributed by atoms with van der Waals surface area (Å²) < 4.78 is 53.2. The Balaban J connectivity index is 1.53. The number of rotatable bonds is 14. The summed E-state index contributed by atoms with van der Waals surface area (Å²) in [6.45, 7) is 0.919. The van der Waals surface area contributed by atoms with Crippen molar-refractivity contribution in [1.82, 2.24) is 24.8 Å². The van der Waals surface area contributed by atoms with Gasteiger partial charge in [-0.2, -0.15) is 4.98 Å². The van der Waals surface area contributed by atoms with Crippen molar-refractivity contribution in [3.63, 3.8) is 0 Å². The Labute approximate surface area is 272 Å². The van der Waals surface area contributed by atoms with Crippen LogP contribution in [0.1, 0.15) is 31.2 Å². The molecule has 0 radical (unpaired) electrons. The van der Waals surface area contributed by atoms with Gasteiger partial charge in [-0.1, -0.05) is 12.1 Å². The average Bonchev–Trinajstić information content (AvgIpc) is 3.11. The van der Waals surface area contributed by atoms with Crippen LogP contribution in [0.4, 0.5) is 5.82 Å². The van der Waals surface area contributed by atoms with Crippen LogP contribution in [-0.4, -0.2) is 84.8 Å². The summed E-state index contributed by atoms with van der Waals surface area (Å²) in [4.78, 5) is 31.8. The number of hydrogen-bond donors (Lipinski definition) is 2. The van der Waals surface area contributed by atoms with Gasteiger partial charge in [-0.15, -0.1) is 0 Å². The van der Waals surface area contributed by atoms with Gasteiger partial charge in [0.2, 0.25) is 17.5 Å². The second kappa shape index (κ2) is 15.5. The number of hydrogen-bond acceptors (Lipinski definition) is 12. The van der Waals surface area contributed by atoms with Crippen molar-refractivity contribution in [2.75, 3.05) is 45.2 Å². The van der Waals surface area contributed by atoms with Crippen molar-refractivity contribution in [2.24, 2.45) is 0 Å². The topological polar surface area (TPSA) is 175 Å². The van der Waals surface area contributed by atoms with E-state index in [1.54, 1.807) is 36.4 Å². The summed E-state index contributed by atoms with van der Waals surface area (Å²) in [6.07, 6.45) is 6.53. The minimum Gasteiger partial charge on any atom is -0.496 e. The number of carbonyl (C=O) groups is 1. The molecule has 14 nitrogen and oxygen atoms in total. The van der Waals surface area contributed by atoms with Crippen molar-refractivity contribution < 1.29 is 37.3 Å². The molecule has 0 saturated carbocycles. The van der Waals surface area contributed by atoms with Crippen molar-refractivity contribution in [3.8, 4) is 40.5 Å². The molecule has 1 saturated heterocycles. The van der Waals surface area contributed by atoms with Gasteiger partial charge < -0.3 is 29.0 Å². The molecule has 1 amide bonds. The second-order valence-corrected chi connectivity index (χ2v) is 12.1. The number of aromatic nitrogens is 4. The summed E-state index contributed by atoms with van der Waals surface area (Å²) in [5, 5.41) is 9.50. The normalized spacial score (nSPS) is 13.1. The number of aryl methyl sites for hydroxylation is 1. The maximum Gasteiger partial charge on any atom is 0.263 e. The van der Waals surface area contributed by atoms with Crippen molar-refractivity contribution in [3.05, 3.63) is 66.5 Å². The number of para-hydroxylation sites is 2. The average molecular weight is 665 g/mol. The van der Waals surface area contributed by atoms with E-state index in [1.807, 2.05) is 4.90 Å². The summed E-state index contributed by atoms with van der Waals surface area (Å²) in [7, 11) is -1.39. The molecule has 3 heterocycles. The highest BCUT2D eigenvalue weighted by Crippen LogP contribution is 2.41. The Bertz CT molecular complexity index is 1790. The standard InChI is InChI=1S/C32H36N6O8S/c1-43-24-13-12-23(21-22(24)11-14-27(40)38-17-6-3-7-18-38)47(41,42)37-29-28(46-26-10-5-4-9-25(26)44-2)32(45-20-19-39)36-31(35-29)30-33-15-8-16-34-30/h4-5,8-10,12-13,15-16,21,39H,3,6-7,11,14,17-20H2,1-2H3,(H,35,36,37). The molecule has 2 aromatic carbocycles. The van der Waals surface area contributed by atoms with E-state index in [2.05, 4.69) is 24.7 Å². The maximum atomic E-state index is 14.0. The number of methoxy groups -OCH3 is 2. The lowest BCUT2D eigenvalue weighted by molar-refractivity contribution is -0.132. The molecular weight excluding hydrogens is 628 g/mol. The zero-order valence-electron chi connectivity index (χ0n) is 26.1. The van der Waals surface area contributed by atoms with Crippen LogP contribution < -0.4 is 23.7 Å². The molecule has 4 aromatic rings. The van der Waals surface area contributed by atoms with Crippen LogP contribution in [0.15, 0.2) is 65.8 Å². The molecule has 0 bridgehead atoms. The van der Waals surface area contributed by atoms with E-state index < -0.39 is 10.0 Å². The fourth-order valence-electron chi connectivity index (χ4n) is 5.01. The first kappa shape index (κ1) is 33.3. The van der Waals surface area contributed by atoms with Gasteiger partial charge in [0.25, 0.3) is 15.9 Å². The number of anilines is 1. The molecule has 1 fully saturated rings. The lowest BCUT2D eigenvalue weighted by Gasteiger charge is -2.26. The molecule has 47 heavy (non-hydrogen) atoms. The summed E-state index contributed by atoms with van der Waals surface area (Å²) in [5.41, 5.74) is 0.555. The molecule has 0 aliphatic carbocycles. The minimum absolute atomic E-state index is 0.0170. The fourth-order valence-corrected chi connectivity index (χ4v) is 6.06. The SMILES string of the molecule is COc1ccc(S(=O)(=O)Nc2nc(-c3ncccn3)nc(OCCO)c2Oc2ccccc2OC)cc1CCC(=O)N1CCCCC1. The zero-order chi connectivity index (χ0) is 33.2. The van der Waals surface area contributed by atoms with Gasteiger partial charge in [0.05, 0.1) is 25.7 Å². The van der Waals surface area contributed by atoms with E-state index in [4.69, 9.17) is 18.9 Å². The largest absolute Gasteiger partial charge is 0.496 e. The molecule has 248 valence electrons. The van der Waals surface area contributed by atoms with Crippen molar-refractivity contribution >= 4 is 21.7 Å². The molecular formula is C32H36N6O8S. The number of aliphatic hydroxyl groups excluding tert-OH is 1. The second-order valence-electron chi connectivity index (χ2n) is 10.4. The number of aliphatic hydroxyl groups is 1. The highest BCUT2D eigenvalue weighted by Gasteiger charge is 2.27. The predicted molar refractivity (Wildman–Crippen MR) is 171 cm³/mol. The number of carbonyl (C=O) groups excluding carboxylic acids is 1. The summed E-state index contributed by atoms with van der Waals surface area (Å²) >= 11 is 0. The Kier molecular flexibility index (Phi) is 11.0. The number of likely N-dealkylation sites (tertiary alicyclic amines) is 1.